The highest BCUT2D eigenvalue weighted by Crippen LogP contribution is 2.39. The molecule has 0 saturated carbocycles. The van der Waals surface area contributed by atoms with Crippen molar-refractivity contribution in [1.29, 1.82) is 0 Å². The Morgan fingerprint density at radius 2 is 1.55 bits per heavy atom. The number of aromatic nitrogens is 2. The van der Waals surface area contributed by atoms with Crippen LogP contribution in [-0.4, -0.2) is 29.9 Å². The summed E-state index contributed by atoms with van der Waals surface area (Å²) in [6, 6.07) is 6.35. The number of carbonyl (C=O) groups excluding carboxylic acids is 2. The van der Waals surface area contributed by atoms with Gasteiger partial charge in [-0.3, -0.25) is 0 Å². The van der Waals surface area contributed by atoms with Gasteiger partial charge in [-0.1, -0.05) is 12.1 Å². The summed E-state index contributed by atoms with van der Waals surface area (Å²) in [4.78, 5) is 39.3. The lowest BCUT2D eigenvalue weighted by molar-refractivity contribution is -0.476. The first-order valence-corrected chi connectivity index (χ1v) is 10.0. The van der Waals surface area contributed by atoms with Crippen LogP contribution < -0.4 is 9.74 Å². The minimum atomic E-state index is -1.14. The second-order valence-corrected chi connectivity index (χ2v) is 7.12. The molecule has 0 spiro atoms. The second kappa shape index (κ2) is 8.63. The van der Waals surface area contributed by atoms with Crippen molar-refractivity contribution in [3.8, 4) is 0 Å². The molecule has 0 fully saturated rings. The van der Waals surface area contributed by atoms with Crippen molar-refractivity contribution in [2.75, 3.05) is 13.2 Å². The van der Waals surface area contributed by atoms with E-state index >= 15 is 0 Å². The Morgan fingerprint density at radius 1 is 1.03 bits per heavy atom. The van der Waals surface area contributed by atoms with E-state index in [4.69, 9.17) is 9.47 Å². The van der Waals surface area contributed by atoms with Gasteiger partial charge in [0.25, 0.3) is 11.2 Å². The number of hydrogen-bond donors (Lipinski definition) is 1. The molecule has 31 heavy (non-hydrogen) atoms. The zero-order valence-corrected chi connectivity index (χ0v) is 18.1. The van der Waals surface area contributed by atoms with E-state index in [0.717, 1.165) is 0 Å². The van der Waals surface area contributed by atoms with Crippen LogP contribution in [0.15, 0.2) is 46.8 Å². The van der Waals surface area contributed by atoms with Gasteiger partial charge >= 0.3 is 11.9 Å². The first-order chi connectivity index (χ1) is 14.7. The van der Waals surface area contributed by atoms with Crippen molar-refractivity contribution in [1.82, 2.24) is 10.0 Å². The van der Waals surface area contributed by atoms with E-state index in [1.807, 2.05) is 0 Å². The number of para-hydroxylation sites is 2. The average molecular weight is 427 g/mol. The molecular formula is C22H25N3O6. The highest BCUT2D eigenvalue weighted by Gasteiger charge is 2.44. The number of dihydropyridines is 1. The van der Waals surface area contributed by atoms with Gasteiger partial charge in [0.15, 0.2) is 0 Å². The number of fused-ring (bicyclic) bond motifs is 1. The van der Waals surface area contributed by atoms with Gasteiger partial charge in [-0.25, -0.2) is 9.59 Å². The lowest BCUT2D eigenvalue weighted by Gasteiger charge is -2.29. The summed E-state index contributed by atoms with van der Waals surface area (Å²) in [5, 5.41) is 16.0. The van der Waals surface area contributed by atoms with E-state index in [-0.39, 0.29) is 46.8 Å². The molecule has 3 rings (SSSR count). The Labute approximate surface area is 179 Å². The molecule has 9 nitrogen and oxygen atoms in total. The molecule has 0 bridgehead atoms. The lowest BCUT2D eigenvalue weighted by atomic mass is 9.82. The van der Waals surface area contributed by atoms with Crippen LogP contribution in [0.1, 0.15) is 45.0 Å². The van der Waals surface area contributed by atoms with E-state index in [1.54, 1.807) is 39.8 Å². The summed E-state index contributed by atoms with van der Waals surface area (Å²) in [5.41, 5.74) is 1.38. The molecule has 2 heterocycles. The predicted molar refractivity (Wildman–Crippen MR) is 113 cm³/mol. The van der Waals surface area contributed by atoms with Gasteiger partial charge in [0, 0.05) is 22.4 Å². The zero-order chi connectivity index (χ0) is 22.9. The molecule has 0 atom stereocenters. The van der Waals surface area contributed by atoms with Crippen LogP contribution in [0.2, 0.25) is 0 Å². The van der Waals surface area contributed by atoms with Gasteiger partial charge in [-0.2, -0.15) is 0 Å². The van der Waals surface area contributed by atoms with Crippen LogP contribution in [0, 0.1) is 17.0 Å². The molecule has 1 aromatic heterocycles. The number of hydrogen-bond acceptors (Lipinski definition) is 7. The molecule has 0 aliphatic carbocycles. The molecule has 164 valence electrons. The highest BCUT2D eigenvalue weighted by atomic mass is 16.5. The second-order valence-electron chi connectivity index (χ2n) is 7.12. The van der Waals surface area contributed by atoms with Gasteiger partial charge < -0.3 is 24.7 Å². The van der Waals surface area contributed by atoms with Gasteiger partial charge in [-0.15, -0.1) is 0 Å². The van der Waals surface area contributed by atoms with Gasteiger partial charge in [0.05, 0.1) is 34.5 Å². The summed E-state index contributed by atoms with van der Waals surface area (Å²) < 4.78 is 11.7. The quantitative estimate of drug-likeness (QED) is 0.576. The molecule has 0 saturated heterocycles. The summed E-state index contributed by atoms with van der Waals surface area (Å²) >= 11 is 0. The van der Waals surface area contributed by atoms with Crippen molar-refractivity contribution in [3.63, 3.8) is 0 Å². The summed E-state index contributed by atoms with van der Waals surface area (Å²) in [6.45, 7) is 8.33. The number of nitrogens with one attached hydrogen (secondary N) is 1. The highest BCUT2D eigenvalue weighted by molar-refractivity contribution is 5.99. The molecule has 1 aromatic carbocycles. The maximum absolute atomic E-state index is 13.5. The van der Waals surface area contributed by atoms with Gasteiger partial charge in [0.1, 0.15) is 11.4 Å². The molecular weight excluding hydrogens is 402 g/mol. The van der Waals surface area contributed by atoms with Crippen LogP contribution in [0.5, 0.6) is 0 Å². The lowest BCUT2D eigenvalue weighted by Crippen LogP contribution is -2.38. The molecule has 2 aromatic rings. The number of allylic oxidation sites excluding steroid dienone is 2. The number of carbonyl (C=O) groups is 2. The Morgan fingerprint density at radius 3 is 2.06 bits per heavy atom. The van der Waals surface area contributed by atoms with E-state index in [9.17, 15) is 19.7 Å². The van der Waals surface area contributed by atoms with E-state index in [0.29, 0.717) is 20.6 Å². The van der Waals surface area contributed by atoms with Gasteiger partial charge in [0.2, 0.25) is 0 Å². The first kappa shape index (κ1) is 22.1. The largest absolute Gasteiger partial charge is 0.805 e. The molecule has 0 radical (unpaired) electrons. The van der Waals surface area contributed by atoms with Crippen molar-refractivity contribution in [3.05, 3.63) is 68.3 Å². The minimum absolute atomic E-state index is 0.0278. The monoisotopic (exact) mass is 427 g/mol. The van der Waals surface area contributed by atoms with Gasteiger partial charge in [-0.05, 0) is 40.7 Å². The molecule has 0 amide bonds. The van der Waals surface area contributed by atoms with Crippen LogP contribution >= 0.6 is 0 Å². The van der Waals surface area contributed by atoms with Crippen molar-refractivity contribution >= 4 is 23.0 Å². The standard InChI is InChI=1S/C22H25N3O6/c1-6-30-21(26)17-12(3)23-13(4)18(22(27)31-7-2)19(17)20-14(5)24(28)15-10-8-9-11-16(15)25(20)29/h8-11,19,23H,6-7H2,1-5H3. The van der Waals surface area contributed by atoms with Crippen LogP contribution in [-0.2, 0) is 19.1 Å². The van der Waals surface area contributed by atoms with E-state index < -0.39 is 17.9 Å². The number of ether oxygens (including phenoxy) is 2. The Bertz CT molecular complexity index is 1150. The summed E-state index contributed by atoms with van der Waals surface area (Å²) in [5.74, 6) is -2.50. The van der Waals surface area contributed by atoms with E-state index in [2.05, 4.69) is 5.32 Å². The Kier molecular flexibility index (Phi) is 6.14. The number of nitrogens with zero attached hydrogens (tertiary/aromatic N) is 2. The third-order valence-corrected chi connectivity index (χ3v) is 5.24. The normalized spacial score (nSPS) is 14.6. The number of esters is 2. The van der Waals surface area contributed by atoms with Crippen molar-refractivity contribution in [2.45, 2.75) is 40.5 Å². The van der Waals surface area contributed by atoms with Crippen LogP contribution in [0.3, 0.4) is 0 Å². The Balaban J connectivity index is 2.41. The topological polar surface area (TPSA) is 116 Å². The summed E-state index contributed by atoms with van der Waals surface area (Å²) in [6.07, 6.45) is 0. The fraction of sp³-hybridized carbons (Fsp3) is 0.364. The summed E-state index contributed by atoms with van der Waals surface area (Å²) in [7, 11) is 0. The minimum Gasteiger partial charge on any atom is -0.805 e. The SMILES string of the molecule is CCOC(=O)C1=C(C)NC(C)=C(C(=O)OCC)C1c1c(C)n([O-])c2ccccc2[n+]1=O. The predicted octanol–water partition coefficient (Wildman–Crippen LogP) is 2.57. The smallest absolute Gasteiger partial charge is 0.336 e. The Hall–Kier alpha value is -3.62. The van der Waals surface area contributed by atoms with E-state index in [1.165, 1.54) is 19.1 Å². The van der Waals surface area contributed by atoms with Crippen molar-refractivity contribution < 1.29 is 23.5 Å². The van der Waals surface area contributed by atoms with Crippen molar-refractivity contribution in [2.24, 2.45) is 0 Å². The average Bonchev–Trinajstić information content (AvgIpc) is 2.72. The first-order valence-electron chi connectivity index (χ1n) is 10.0. The molecule has 1 N–H and O–H groups in total. The van der Waals surface area contributed by atoms with Crippen LogP contribution in [0.4, 0.5) is 0 Å². The number of benzene rings is 1. The third-order valence-electron chi connectivity index (χ3n) is 5.24. The zero-order valence-electron chi connectivity index (χ0n) is 18.1. The molecule has 1 aliphatic heterocycles. The third kappa shape index (κ3) is 3.67. The maximum Gasteiger partial charge on any atom is 0.336 e. The molecule has 9 heteroatoms. The fourth-order valence-corrected chi connectivity index (χ4v) is 3.92. The fourth-order valence-electron chi connectivity index (χ4n) is 3.92. The van der Waals surface area contributed by atoms with Crippen LogP contribution in [0.25, 0.3) is 11.0 Å². The molecule has 0 unspecified atom stereocenters. The molecule has 1 aliphatic rings. The maximum atomic E-state index is 13.5. The number of rotatable bonds is 5.